The highest BCUT2D eigenvalue weighted by Gasteiger charge is 2.43. The summed E-state index contributed by atoms with van der Waals surface area (Å²) in [6.45, 7) is 1.73. The van der Waals surface area contributed by atoms with Gasteiger partial charge in [0.05, 0.1) is 30.2 Å². The van der Waals surface area contributed by atoms with Crippen LogP contribution in [0.5, 0.6) is 0 Å². The van der Waals surface area contributed by atoms with Gasteiger partial charge in [-0.1, -0.05) is 44.6 Å². The van der Waals surface area contributed by atoms with Crippen LogP contribution in [-0.4, -0.2) is 105 Å². The van der Waals surface area contributed by atoms with E-state index in [9.17, 15) is 37.9 Å². The number of fused-ring (bicyclic) bond motifs is 2. The van der Waals surface area contributed by atoms with E-state index in [0.29, 0.717) is 65.8 Å². The fourth-order valence-corrected chi connectivity index (χ4v) is 12.0. The van der Waals surface area contributed by atoms with Gasteiger partial charge in [-0.05, 0) is 79.2 Å². The van der Waals surface area contributed by atoms with Crippen molar-refractivity contribution in [2.75, 3.05) is 62.7 Å². The summed E-state index contributed by atoms with van der Waals surface area (Å²) in [5, 5.41) is 20.8. The van der Waals surface area contributed by atoms with E-state index in [1.165, 1.54) is 17.0 Å². The molecule has 3 aromatic rings. The van der Waals surface area contributed by atoms with Crippen LogP contribution < -0.4 is 38.5 Å². The molecule has 3 aliphatic rings. The first-order valence-electron chi connectivity index (χ1n) is 22.6. The number of phosphoric acid groups is 3. The molecule has 12 N–H and O–H groups in total. The highest BCUT2D eigenvalue weighted by molar-refractivity contribution is 8.76. The van der Waals surface area contributed by atoms with Crippen LogP contribution in [-0.2, 0) is 41.1 Å². The number of benzene rings is 3. The highest BCUT2D eigenvalue weighted by atomic mass is 33.1. The summed E-state index contributed by atoms with van der Waals surface area (Å²) < 4.78 is 71.0. The highest BCUT2D eigenvalue weighted by Crippen LogP contribution is 2.66. The lowest BCUT2D eigenvalue weighted by atomic mass is 9.90. The molecule has 5 atom stereocenters. The molecule has 3 unspecified atom stereocenters. The lowest BCUT2D eigenvalue weighted by Gasteiger charge is -2.21. The lowest BCUT2D eigenvalue weighted by molar-refractivity contribution is -0.0601. The van der Waals surface area contributed by atoms with Gasteiger partial charge in [0.15, 0.2) is 0 Å². The van der Waals surface area contributed by atoms with Crippen molar-refractivity contribution in [1.29, 1.82) is 5.41 Å². The van der Waals surface area contributed by atoms with Crippen molar-refractivity contribution in [2.24, 2.45) is 5.11 Å². The maximum Gasteiger partial charge on any atom is 0.490 e. The molecule has 0 radical (unpaired) electrons. The predicted molar refractivity (Wildman–Crippen MR) is 279 cm³/mol. The number of aryl methyl sites for hydroxylation is 1. The Kier molecular flexibility index (Phi) is 21.5. The number of rotatable bonds is 26. The first-order valence-corrected chi connectivity index (χ1v) is 29.6. The zero-order valence-electron chi connectivity index (χ0n) is 40.1. The number of carbonyl (C=O) groups is 2. The number of carbonyl (C=O) groups excluding carboxylic acids is 2. The number of urea groups is 1. The number of nitrogens with two attached hydrogens (primary N) is 2. The van der Waals surface area contributed by atoms with Crippen molar-refractivity contribution < 1.29 is 74.6 Å². The molecule has 0 saturated carbocycles. The van der Waals surface area contributed by atoms with Crippen molar-refractivity contribution in [1.82, 2.24) is 25.5 Å². The number of hydrogen-bond acceptors (Lipinski definition) is 20. The van der Waals surface area contributed by atoms with Crippen molar-refractivity contribution in [3.63, 3.8) is 0 Å². The van der Waals surface area contributed by atoms with Crippen LogP contribution >= 0.6 is 45.1 Å². The monoisotopic (exact) mass is 1150 g/mol. The number of aromatic nitrogens is 2. The largest absolute Gasteiger partial charge is 0.490 e. The number of amides is 3. The molecule has 1 aliphatic carbocycles. The van der Waals surface area contributed by atoms with Crippen LogP contribution in [0.3, 0.4) is 0 Å². The summed E-state index contributed by atoms with van der Waals surface area (Å²) in [5.41, 5.74) is 25.0. The minimum Gasteiger partial charge on any atom is -0.456 e. The second kappa shape index (κ2) is 27.5. The topological polar surface area (TPSA) is 430 Å². The van der Waals surface area contributed by atoms with Crippen LogP contribution in [0.25, 0.3) is 43.9 Å². The fraction of sp³-hybridized carbons (Fsp3) is 0.372. The van der Waals surface area contributed by atoms with Crippen LogP contribution in [0.1, 0.15) is 53.4 Å². The Morgan fingerprint density at radius 3 is 2.57 bits per heavy atom. The van der Waals surface area contributed by atoms with Gasteiger partial charge in [0.1, 0.15) is 42.2 Å². The van der Waals surface area contributed by atoms with Gasteiger partial charge in [-0.2, -0.15) is 13.6 Å². The molecule has 1 fully saturated rings. The molecule has 408 valence electrons. The number of phosphoric ester groups is 1. The van der Waals surface area contributed by atoms with E-state index >= 15 is 0 Å². The molecule has 76 heavy (non-hydrogen) atoms. The van der Waals surface area contributed by atoms with Crippen LogP contribution in [0.15, 0.2) is 75.1 Å². The molecular weight excluding hydrogens is 1100 g/mol. The average Bonchev–Trinajstić information content (AvgIpc) is 3.75. The molecule has 2 aromatic carbocycles. The van der Waals surface area contributed by atoms with Gasteiger partial charge >= 0.3 is 35.2 Å². The van der Waals surface area contributed by atoms with Crippen LogP contribution in [0.2, 0.25) is 0 Å². The Bertz CT molecular complexity index is 3260. The Morgan fingerprint density at radius 2 is 1.79 bits per heavy atom. The van der Waals surface area contributed by atoms with Gasteiger partial charge in [-0.25, -0.2) is 23.3 Å². The number of ether oxygens (including phenoxy) is 3. The van der Waals surface area contributed by atoms with E-state index in [1.54, 1.807) is 35.1 Å². The molecule has 28 nitrogen and oxygen atoms in total. The van der Waals surface area contributed by atoms with Gasteiger partial charge in [-0.15, -0.1) is 0 Å². The van der Waals surface area contributed by atoms with Gasteiger partial charge in [-0.3, -0.25) is 13.9 Å². The summed E-state index contributed by atoms with van der Waals surface area (Å²) in [5.74, 6) is 6.61. The maximum atomic E-state index is 13.3. The van der Waals surface area contributed by atoms with E-state index in [0.717, 1.165) is 45.0 Å². The lowest BCUT2D eigenvalue weighted by Crippen LogP contribution is -2.36. The Balaban J connectivity index is 0.852. The summed E-state index contributed by atoms with van der Waals surface area (Å²) in [6.07, 6.45) is -0.408. The molecule has 0 spiro atoms. The number of azide groups is 1. The normalized spacial score (nSPS) is 17.0. The Labute approximate surface area is 440 Å². The first-order chi connectivity index (χ1) is 36.1. The van der Waals surface area contributed by atoms with Crippen molar-refractivity contribution in [3.05, 3.63) is 104 Å². The van der Waals surface area contributed by atoms with E-state index in [4.69, 9.17) is 50.8 Å². The third kappa shape index (κ3) is 17.9. The third-order valence-electron chi connectivity index (χ3n) is 10.7. The van der Waals surface area contributed by atoms with Crippen molar-refractivity contribution in [3.8, 4) is 34.3 Å². The second-order valence-corrected chi connectivity index (χ2v) is 23.2. The molecule has 0 bridgehead atoms. The zero-order chi connectivity index (χ0) is 55.0. The molecule has 1 saturated heterocycles. The van der Waals surface area contributed by atoms with Crippen molar-refractivity contribution in [2.45, 2.75) is 51.0 Å². The molecule has 3 heterocycles. The molecule has 6 rings (SSSR count). The summed E-state index contributed by atoms with van der Waals surface area (Å²) >= 11 is 0. The van der Waals surface area contributed by atoms with Crippen LogP contribution in [0, 0.1) is 24.2 Å². The molecular formula is C43H52N11O17P3S2. The quantitative estimate of drug-likeness (QED) is 0.00307. The minimum atomic E-state index is -5.81. The molecule has 1 aromatic heterocycles. The minimum absolute atomic E-state index is 0.0490. The maximum absolute atomic E-state index is 13.3. The van der Waals surface area contributed by atoms with E-state index in [-0.39, 0.29) is 30.3 Å². The predicted octanol–water partition coefficient (Wildman–Crippen LogP) is 5.60. The van der Waals surface area contributed by atoms with E-state index < -0.39 is 67.0 Å². The van der Waals surface area contributed by atoms with Crippen molar-refractivity contribution >= 4 is 79.5 Å². The Hall–Kier alpha value is -5.79. The zero-order valence-corrected chi connectivity index (χ0v) is 44.5. The van der Waals surface area contributed by atoms with Gasteiger partial charge in [0.2, 0.25) is 0 Å². The number of anilines is 2. The summed E-state index contributed by atoms with van der Waals surface area (Å²) in [4.78, 5) is 81.5. The average molecular weight is 1150 g/mol. The number of nitrogens with one attached hydrogen (secondary N) is 4. The molecule has 33 heteroatoms. The van der Waals surface area contributed by atoms with Gasteiger partial charge < -0.3 is 71.0 Å². The fourth-order valence-electron chi connectivity index (χ4n) is 7.36. The summed E-state index contributed by atoms with van der Waals surface area (Å²) in [7, 11) is -13.9. The number of nitrogen functional groups attached to an aromatic ring is 2. The number of hydrogen-bond donors (Lipinski definition) is 10. The first kappa shape index (κ1) is 59.5. The van der Waals surface area contributed by atoms with E-state index in [2.05, 4.69) is 55.9 Å². The van der Waals surface area contributed by atoms with Gasteiger partial charge in [0.25, 0.3) is 5.91 Å². The SMILES string of the molecule is Cc1ccc(C(=O)NCCSSCOCCCCCNC(=O)NCC#Cc2cn([C@H]3CC(OCN=[N+]=[N-])[C@@H](COP(=O)(O)OP(=O)(O)OP(=O)(O)O)O3)c(=O)nc2N)cc1-c1c2ccc(=N)cc-2oc2cc(N)ccc12. The number of unbranched alkanes of at least 4 members (excludes halogenated alkanes) is 2. The Morgan fingerprint density at radius 1 is 0.987 bits per heavy atom. The molecule has 3 amide bonds. The second-order valence-electron chi connectivity index (χ2n) is 16.2. The smallest absolute Gasteiger partial charge is 0.456 e. The molecule has 2 aliphatic heterocycles. The standard InChI is InChI=1S/C43H52N11O17P3S2/c1-26-7-8-27(18-33(26)39-31-11-9-29(44)19-34(31)68-35-20-30(45)10-12-32(35)39)41(55)48-15-17-75-76-25-65-16-4-2-3-13-49-42(56)50-14-5-6-28-22-54(43(57)52-40(28)46)38-21-36(66-24-51-53-47)37(69-38)23-67-73(61,62)71-74(63,64)70-72(58,59)60/h7-12,18-20,22,36-38,44H,2-4,13-17,21,23-25,45H2,1H3,(H,48,55)(H,61,62)(H,63,64)(H2,46,52,57)(H2,49,50,56)(H2,58,59,60)/t36?,37-,38-/m1/s1. The van der Waals surface area contributed by atoms with E-state index in [1.807, 2.05) is 37.3 Å². The third-order valence-corrected chi connectivity index (χ3v) is 16.6. The summed E-state index contributed by atoms with van der Waals surface area (Å²) in [6, 6.07) is 15.8. The van der Waals surface area contributed by atoms with Gasteiger partial charge in [0, 0.05) is 82.9 Å². The number of nitrogens with zero attached hydrogens (tertiary/aromatic N) is 5. The van der Waals surface area contributed by atoms with Crippen LogP contribution in [0.4, 0.5) is 16.3 Å².